The van der Waals surface area contributed by atoms with Crippen LogP contribution < -0.4 is 21.1 Å². The van der Waals surface area contributed by atoms with Crippen molar-refractivity contribution in [2.24, 2.45) is 11.7 Å². The number of benzene rings is 2. The Morgan fingerprint density at radius 3 is 2.23 bits per heavy atom. The van der Waals surface area contributed by atoms with Gasteiger partial charge in [-0.05, 0) is 70.2 Å². The van der Waals surface area contributed by atoms with Crippen LogP contribution in [0.15, 0.2) is 30.3 Å². The molecular formula is C29H33F6N5O4. The number of hydrogen-bond acceptors (Lipinski definition) is 6. The van der Waals surface area contributed by atoms with Crippen molar-refractivity contribution in [3.63, 3.8) is 0 Å². The predicted octanol–water partition coefficient (Wildman–Crippen LogP) is 7.22. The van der Waals surface area contributed by atoms with E-state index in [1.807, 2.05) is 0 Å². The van der Waals surface area contributed by atoms with E-state index < -0.39 is 53.2 Å². The minimum absolute atomic E-state index is 0.0248. The third kappa shape index (κ3) is 7.48. The number of halogens is 6. The number of amides is 2. The molecule has 9 nitrogen and oxygen atoms in total. The normalized spacial score (nSPS) is 17.8. The fraction of sp³-hybridized carbons (Fsp3) is 0.483. The number of hydrogen-bond donors (Lipinski definition) is 3. The second-order valence-electron chi connectivity index (χ2n) is 11.6. The van der Waals surface area contributed by atoms with Crippen LogP contribution in [0.3, 0.4) is 0 Å². The van der Waals surface area contributed by atoms with E-state index in [2.05, 4.69) is 15.6 Å². The Kier molecular flexibility index (Phi) is 8.99. The Morgan fingerprint density at radius 1 is 1.02 bits per heavy atom. The van der Waals surface area contributed by atoms with Gasteiger partial charge in [0.2, 0.25) is 5.95 Å². The molecule has 1 aliphatic carbocycles. The molecule has 0 saturated heterocycles. The number of carbonyl (C=O) groups is 2. The average molecular weight is 630 g/mol. The minimum Gasteiger partial charge on any atom is -0.496 e. The summed E-state index contributed by atoms with van der Waals surface area (Å²) in [5.41, 5.74) is 4.05. The molecule has 4 rings (SSSR count). The van der Waals surface area contributed by atoms with Crippen LogP contribution in [0.4, 0.5) is 42.8 Å². The van der Waals surface area contributed by atoms with Crippen LogP contribution >= 0.6 is 0 Å². The quantitative estimate of drug-likeness (QED) is 0.237. The van der Waals surface area contributed by atoms with Crippen LogP contribution in [0.5, 0.6) is 5.75 Å². The van der Waals surface area contributed by atoms with Gasteiger partial charge in [0.05, 0.1) is 40.9 Å². The maximum absolute atomic E-state index is 14.1. The van der Waals surface area contributed by atoms with E-state index in [-0.39, 0.29) is 55.0 Å². The topological polar surface area (TPSA) is 120 Å². The van der Waals surface area contributed by atoms with E-state index in [0.29, 0.717) is 11.1 Å². The molecular weight excluding hydrogens is 596 g/mol. The number of rotatable bonds is 7. The Labute approximate surface area is 249 Å². The molecule has 240 valence electrons. The van der Waals surface area contributed by atoms with Crippen molar-refractivity contribution in [1.82, 2.24) is 14.9 Å². The number of fused-ring (bicyclic) bond motifs is 1. The van der Waals surface area contributed by atoms with E-state index >= 15 is 0 Å². The highest BCUT2D eigenvalue weighted by molar-refractivity contribution is 6.00. The Balaban J connectivity index is 1.78. The molecule has 0 bridgehead atoms. The molecule has 0 spiro atoms. The monoisotopic (exact) mass is 629 g/mol. The number of alkyl halides is 6. The van der Waals surface area contributed by atoms with E-state index in [9.17, 15) is 35.9 Å². The molecule has 1 aromatic heterocycles. The van der Waals surface area contributed by atoms with E-state index in [1.54, 1.807) is 25.3 Å². The van der Waals surface area contributed by atoms with Crippen molar-refractivity contribution in [2.45, 2.75) is 77.0 Å². The summed E-state index contributed by atoms with van der Waals surface area (Å²) in [6, 6.07) is 5.46. The highest BCUT2D eigenvalue weighted by Crippen LogP contribution is 2.44. The maximum atomic E-state index is 14.1. The van der Waals surface area contributed by atoms with Gasteiger partial charge in [-0.3, -0.25) is 4.79 Å². The van der Waals surface area contributed by atoms with E-state index in [0.717, 1.165) is 6.07 Å². The minimum atomic E-state index is -4.79. The molecule has 0 unspecified atom stereocenters. The summed E-state index contributed by atoms with van der Waals surface area (Å²) in [5.74, 6) is -2.33. The van der Waals surface area contributed by atoms with Gasteiger partial charge in [-0.25, -0.2) is 9.78 Å². The van der Waals surface area contributed by atoms with Crippen LogP contribution in [0.1, 0.15) is 74.0 Å². The number of imidazole rings is 1. The zero-order chi connectivity index (χ0) is 32.6. The summed E-state index contributed by atoms with van der Waals surface area (Å²) in [5, 5.41) is 5.23. The van der Waals surface area contributed by atoms with Gasteiger partial charge in [0.1, 0.15) is 11.4 Å². The van der Waals surface area contributed by atoms with Gasteiger partial charge in [0.15, 0.2) is 0 Å². The molecule has 0 aliphatic heterocycles. The number of nitrogens with one attached hydrogen (secondary N) is 2. The first kappa shape index (κ1) is 32.7. The molecule has 1 fully saturated rings. The summed E-state index contributed by atoms with van der Waals surface area (Å²) in [7, 11) is 1.30. The van der Waals surface area contributed by atoms with Crippen molar-refractivity contribution in [3.8, 4) is 5.75 Å². The van der Waals surface area contributed by atoms with Crippen LogP contribution in [0, 0.1) is 5.92 Å². The number of nitrogens with zero attached hydrogens (tertiary/aromatic N) is 2. The number of alkyl carbamates (subject to hydrolysis) is 1. The molecule has 4 N–H and O–H groups in total. The first-order chi connectivity index (χ1) is 20.4. The first-order valence-corrected chi connectivity index (χ1v) is 13.8. The van der Waals surface area contributed by atoms with Crippen LogP contribution in [-0.2, 0) is 17.5 Å². The van der Waals surface area contributed by atoms with Crippen molar-refractivity contribution in [1.29, 1.82) is 0 Å². The van der Waals surface area contributed by atoms with Crippen molar-refractivity contribution < 1.29 is 45.4 Å². The summed E-state index contributed by atoms with van der Waals surface area (Å²) in [4.78, 5) is 28.6. The Bertz CT molecular complexity index is 1540. The fourth-order valence-corrected chi connectivity index (χ4v) is 5.26. The third-order valence-electron chi connectivity index (χ3n) is 7.27. The highest BCUT2D eigenvalue weighted by Gasteiger charge is 2.42. The van der Waals surface area contributed by atoms with Gasteiger partial charge in [0.25, 0.3) is 5.91 Å². The summed E-state index contributed by atoms with van der Waals surface area (Å²) in [6.45, 7) is 4.84. The van der Waals surface area contributed by atoms with Gasteiger partial charge in [-0.15, -0.1) is 0 Å². The molecule has 3 aromatic rings. The lowest BCUT2D eigenvalue weighted by molar-refractivity contribution is -0.183. The van der Waals surface area contributed by atoms with Crippen molar-refractivity contribution in [2.75, 3.05) is 12.4 Å². The van der Waals surface area contributed by atoms with Crippen LogP contribution in [-0.4, -0.2) is 40.4 Å². The van der Waals surface area contributed by atoms with E-state index in [1.165, 1.54) is 31.4 Å². The van der Waals surface area contributed by atoms with Crippen LogP contribution in [0.25, 0.3) is 11.0 Å². The van der Waals surface area contributed by atoms with Gasteiger partial charge < -0.3 is 30.4 Å². The average Bonchev–Trinajstić information content (AvgIpc) is 3.25. The highest BCUT2D eigenvalue weighted by atomic mass is 19.4. The lowest BCUT2D eigenvalue weighted by Crippen LogP contribution is -2.32. The predicted molar refractivity (Wildman–Crippen MR) is 150 cm³/mol. The van der Waals surface area contributed by atoms with Gasteiger partial charge in [-0.2, -0.15) is 26.3 Å². The molecule has 15 heteroatoms. The Hall–Kier alpha value is -4.17. The molecule has 2 amide bonds. The standard InChI is InChI=1S/C29H33F6N5O4/c1-27(2,3)44-26(42)37-14-15-5-10-19(29(33,34)35)20(11-15)38-25-39-21-12-18(24(36)41)23(43-4)13-22(21)40(25)17-8-6-16(7-9-17)28(30,31)32/h5,10-13,16-17H,6-9,14H2,1-4H3,(H2,36,41)(H,37,42)(H,38,39). The fourth-order valence-electron chi connectivity index (χ4n) is 5.26. The van der Waals surface area contributed by atoms with Gasteiger partial charge in [-0.1, -0.05) is 6.07 Å². The second-order valence-corrected chi connectivity index (χ2v) is 11.6. The number of nitrogens with two attached hydrogens (primary N) is 1. The molecule has 1 heterocycles. The molecule has 0 radical (unpaired) electrons. The molecule has 1 aliphatic rings. The van der Waals surface area contributed by atoms with E-state index in [4.69, 9.17) is 15.2 Å². The van der Waals surface area contributed by atoms with Crippen molar-refractivity contribution in [3.05, 3.63) is 47.0 Å². The lowest BCUT2D eigenvalue weighted by atomic mass is 9.85. The summed E-state index contributed by atoms with van der Waals surface area (Å²) in [6.07, 6.45) is -10.1. The molecule has 44 heavy (non-hydrogen) atoms. The summed E-state index contributed by atoms with van der Waals surface area (Å²) < 4.78 is 94.6. The number of primary amides is 1. The number of methoxy groups -OCH3 is 1. The number of ether oxygens (including phenoxy) is 2. The smallest absolute Gasteiger partial charge is 0.418 e. The third-order valence-corrected chi connectivity index (χ3v) is 7.27. The number of aromatic nitrogens is 2. The van der Waals surface area contributed by atoms with Crippen molar-refractivity contribution >= 4 is 34.7 Å². The number of carbonyl (C=O) groups excluding carboxylic acids is 2. The zero-order valence-electron chi connectivity index (χ0n) is 24.4. The molecule has 1 saturated carbocycles. The molecule has 0 atom stereocenters. The second kappa shape index (κ2) is 12.1. The maximum Gasteiger partial charge on any atom is 0.418 e. The van der Waals surface area contributed by atoms with Crippen LogP contribution in [0.2, 0.25) is 0 Å². The van der Waals surface area contributed by atoms with Gasteiger partial charge >= 0.3 is 18.4 Å². The van der Waals surface area contributed by atoms with Gasteiger partial charge in [0, 0.05) is 18.7 Å². The zero-order valence-corrected chi connectivity index (χ0v) is 24.4. The lowest BCUT2D eigenvalue weighted by Gasteiger charge is -2.32. The Morgan fingerprint density at radius 2 is 1.68 bits per heavy atom. The number of anilines is 2. The first-order valence-electron chi connectivity index (χ1n) is 13.8. The largest absolute Gasteiger partial charge is 0.496 e. The SMILES string of the molecule is COc1cc2c(cc1C(N)=O)nc(Nc1cc(CNC(=O)OC(C)(C)C)ccc1C(F)(F)F)n2C1CCC(C(F)(F)F)CC1. The molecule has 2 aromatic carbocycles. The summed E-state index contributed by atoms with van der Waals surface area (Å²) >= 11 is 0.